The molecule has 6 nitrogen and oxygen atoms in total. The summed E-state index contributed by atoms with van der Waals surface area (Å²) < 4.78 is 1.65. The first kappa shape index (κ1) is 33.4. The number of carbonyl (C=O) groups excluding carboxylic acids is 2. The van der Waals surface area contributed by atoms with Crippen LogP contribution in [0.2, 0.25) is 0 Å². The van der Waals surface area contributed by atoms with Crippen LogP contribution >= 0.6 is 0 Å². The highest BCUT2D eigenvalue weighted by Gasteiger charge is 2.21. The van der Waals surface area contributed by atoms with E-state index in [-0.39, 0.29) is 18.2 Å². The Morgan fingerprint density at radius 2 is 1.36 bits per heavy atom. The maximum atomic E-state index is 14.1. The lowest BCUT2D eigenvalue weighted by Crippen LogP contribution is -2.30. The molecule has 0 saturated heterocycles. The number of benzene rings is 4. The van der Waals surface area contributed by atoms with Gasteiger partial charge in [0.1, 0.15) is 0 Å². The first-order valence-corrected chi connectivity index (χ1v) is 16.5. The standard InChI is InChI=1S/C41H44N2O4/c1-28(2)23-30-15-19-33(20-16-30)40(46)42(36-21-17-31(18-22-36)24-29(3)4)26-32-9-7-10-34(25-32)41(47)43-27-35(11-8-14-39(44)45)37-12-5-6-13-38(37)43/h5-7,9-10,12-13,15-22,25,27-29H,8,11,14,23-24,26H2,1-4H3,(H,44,45). The fourth-order valence-corrected chi connectivity index (χ4v) is 6.15. The minimum Gasteiger partial charge on any atom is -0.481 e. The molecule has 5 aromatic rings. The van der Waals surface area contributed by atoms with Crippen LogP contribution in [0.4, 0.5) is 5.69 Å². The zero-order valence-electron chi connectivity index (χ0n) is 27.8. The lowest BCUT2D eigenvalue weighted by Gasteiger charge is -2.24. The summed E-state index contributed by atoms with van der Waals surface area (Å²) >= 11 is 0. The summed E-state index contributed by atoms with van der Waals surface area (Å²) in [5.74, 6) is -0.0493. The van der Waals surface area contributed by atoms with Crippen molar-refractivity contribution in [1.29, 1.82) is 0 Å². The van der Waals surface area contributed by atoms with Gasteiger partial charge in [-0.3, -0.25) is 19.0 Å². The van der Waals surface area contributed by atoms with Gasteiger partial charge in [-0.2, -0.15) is 0 Å². The third kappa shape index (κ3) is 8.44. The van der Waals surface area contributed by atoms with Crippen molar-refractivity contribution >= 4 is 34.4 Å². The molecule has 0 radical (unpaired) electrons. The Morgan fingerprint density at radius 3 is 2.00 bits per heavy atom. The molecule has 1 amide bonds. The third-order valence-electron chi connectivity index (χ3n) is 8.35. The van der Waals surface area contributed by atoms with Gasteiger partial charge in [0.25, 0.3) is 11.8 Å². The topological polar surface area (TPSA) is 79.6 Å². The van der Waals surface area contributed by atoms with Gasteiger partial charge in [0.05, 0.1) is 12.1 Å². The van der Waals surface area contributed by atoms with Crippen molar-refractivity contribution < 1.29 is 19.5 Å². The van der Waals surface area contributed by atoms with E-state index in [2.05, 4.69) is 39.8 Å². The lowest BCUT2D eigenvalue weighted by molar-refractivity contribution is -0.137. The van der Waals surface area contributed by atoms with E-state index in [1.165, 1.54) is 11.1 Å². The zero-order chi connectivity index (χ0) is 33.5. The molecule has 5 rings (SSSR count). The molecule has 6 heteroatoms. The van der Waals surface area contributed by atoms with Crippen molar-refractivity contribution in [3.8, 4) is 0 Å². The molecule has 47 heavy (non-hydrogen) atoms. The van der Waals surface area contributed by atoms with Gasteiger partial charge in [0, 0.05) is 34.8 Å². The number of rotatable bonds is 13. The van der Waals surface area contributed by atoms with Crippen LogP contribution < -0.4 is 4.90 Å². The average molecular weight is 629 g/mol. The Labute approximate surface area is 277 Å². The molecule has 0 bridgehead atoms. The Hall–Kier alpha value is -4.97. The van der Waals surface area contributed by atoms with Crippen LogP contribution in [0.25, 0.3) is 10.9 Å². The molecule has 1 heterocycles. The molecule has 4 aromatic carbocycles. The number of aryl methyl sites for hydroxylation is 1. The largest absolute Gasteiger partial charge is 0.481 e. The molecular formula is C41H44N2O4. The van der Waals surface area contributed by atoms with Crippen LogP contribution in [0.1, 0.15) is 83.5 Å². The second-order valence-corrected chi connectivity index (χ2v) is 13.2. The predicted molar refractivity (Wildman–Crippen MR) is 189 cm³/mol. The smallest absolute Gasteiger partial charge is 0.303 e. The highest BCUT2D eigenvalue weighted by atomic mass is 16.4. The number of nitrogens with zero attached hydrogens (tertiary/aromatic N) is 2. The summed E-state index contributed by atoms with van der Waals surface area (Å²) in [5, 5.41) is 10.0. The van der Waals surface area contributed by atoms with Crippen LogP contribution in [0.5, 0.6) is 0 Å². The second kappa shape index (κ2) is 15.1. The molecule has 0 spiro atoms. The number of anilines is 1. The van der Waals surface area contributed by atoms with Crippen LogP contribution in [0.3, 0.4) is 0 Å². The van der Waals surface area contributed by atoms with Crippen molar-refractivity contribution in [1.82, 2.24) is 4.57 Å². The molecule has 1 N–H and O–H groups in total. The van der Waals surface area contributed by atoms with Gasteiger partial charge in [-0.1, -0.05) is 82.3 Å². The number of aromatic nitrogens is 1. The van der Waals surface area contributed by atoms with Crippen LogP contribution in [0.15, 0.2) is 103 Å². The van der Waals surface area contributed by atoms with E-state index in [1.54, 1.807) is 15.5 Å². The number of fused-ring (bicyclic) bond motifs is 1. The van der Waals surface area contributed by atoms with E-state index >= 15 is 0 Å². The highest BCUT2D eigenvalue weighted by Crippen LogP contribution is 2.26. The number of hydrogen-bond acceptors (Lipinski definition) is 3. The van der Waals surface area contributed by atoms with E-state index in [9.17, 15) is 14.4 Å². The maximum absolute atomic E-state index is 14.1. The van der Waals surface area contributed by atoms with E-state index in [4.69, 9.17) is 5.11 Å². The Bertz CT molecular complexity index is 1850. The number of carbonyl (C=O) groups is 3. The average Bonchev–Trinajstić information content (AvgIpc) is 3.42. The highest BCUT2D eigenvalue weighted by molar-refractivity contribution is 6.06. The second-order valence-electron chi connectivity index (χ2n) is 13.2. The van der Waals surface area contributed by atoms with Crippen molar-refractivity contribution in [2.75, 3.05) is 4.90 Å². The molecule has 0 atom stereocenters. The van der Waals surface area contributed by atoms with Gasteiger partial charge in [0.15, 0.2) is 0 Å². The molecule has 0 aliphatic carbocycles. The van der Waals surface area contributed by atoms with Crippen molar-refractivity contribution in [3.63, 3.8) is 0 Å². The molecular weight excluding hydrogens is 584 g/mol. The Morgan fingerprint density at radius 1 is 0.723 bits per heavy atom. The minimum absolute atomic E-state index is 0.0766. The normalized spacial score (nSPS) is 11.4. The van der Waals surface area contributed by atoms with Gasteiger partial charge in [-0.25, -0.2) is 0 Å². The summed E-state index contributed by atoms with van der Waals surface area (Å²) in [6.45, 7) is 9.05. The summed E-state index contributed by atoms with van der Waals surface area (Å²) in [7, 11) is 0. The SMILES string of the molecule is CC(C)Cc1ccc(C(=O)N(Cc2cccc(C(=O)n3cc(CCCC(=O)O)c4ccccc43)c2)c2ccc(CC(C)C)cc2)cc1. The van der Waals surface area contributed by atoms with E-state index in [0.717, 1.165) is 40.6 Å². The monoisotopic (exact) mass is 628 g/mol. The van der Waals surface area contributed by atoms with Crippen molar-refractivity contribution in [2.24, 2.45) is 11.8 Å². The van der Waals surface area contributed by atoms with Gasteiger partial charge < -0.3 is 10.0 Å². The van der Waals surface area contributed by atoms with Crippen molar-refractivity contribution in [3.05, 3.63) is 137 Å². The minimum atomic E-state index is -0.830. The van der Waals surface area contributed by atoms with Crippen LogP contribution in [0, 0.1) is 11.8 Å². The molecule has 242 valence electrons. The lowest BCUT2D eigenvalue weighted by atomic mass is 10.0. The first-order chi connectivity index (χ1) is 22.6. The molecule has 0 fully saturated rings. The summed E-state index contributed by atoms with van der Waals surface area (Å²) in [4.78, 5) is 40.9. The number of carboxylic acid groups (broad SMARTS) is 1. The fraction of sp³-hybridized carbons (Fsp3) is 0.293. The molecule has 0 unspecified atom stereocenters. The van der Waals surface area contributed by atoms with E-state index < -0.39 is 5.97 Å². The number of hydrogen-bond donors (Lipinski definition) is 1. The zero-order valence-corrected chi connectivity index (χ0v) is 27.8. The van der Waals surface area contributed by atoms with Gasteiger partial charge in [-0.15, -0.1) is 0 Å². The number of amides is 1. The molecule has 0 aliphatic heterocycles. The van der Waals surface area contributed by atoms with Crippen molar-refractivity contribution in [2.45, 2.75) is 66.3 Å². The number of para-hydroxylation sites is 1. The van der Waals surface area contributed by atoms with Crippen LogP contribution in [-0.2, 0) is 30.6 Å². The molecule has 1 aromatic heterocycles. The quantitative estimate of drug-likeness (QED) is 0.141. The Kier molecular flexibility index (Phi) is 10.7. The van der Waals surface area contributed by atoms with E-state index in [1.807, 2.05) is 85.1 Å². The summed E-state index contributed by atoms with van der Waals surface area (Å²) in [6, 6.07) is 31.3. The Balaban J connectivity index is 1.45. The molecule has 0 saturated carbocycles. The number of aliphatic carboxylic acids is 1. The van der Waals surface area contributed by atoms with E-state index in [0.29, 0.717) is 42.3 Å². The first-order valence-electron chi connectivity index (χ1n) is 16.5. The van der Waals surface area contributed by atoms with Gasteiger partial charge in [0.2, 0.25) is 0 Å². The van der Waals surface area contributed by atoms with Gasteiger partial charge in [-0.05, 0) is 102 Å². The number of carboxylic acids is 1. The predicted octanol–water partition coefficient (Wildman–Crippen LogP) is 8.98. The van der Waals surface area contributed by atoms with Crippen LogP contribution in [-0.4, -0.2) is 27.5 Å². The summed E-state index contributed by atoms with van der Waals surface area (Å²) in [5.41, 5.74) is 6.93. The summed E-state index contributed by atoms with van der Waals surface area (Å²) in [6.07, 6.45) is 4.89. The van der Waals surface area contributed by atoms with Gasteiger partial charge >= 0.3 is 5.97 Å². The maximum Gasteiger partial charge on any atom is 0.303 e. The molecule has 0 aliphatic rings. The fourth-order valence-electron chi connectivity index (χ4n) is 6.15. The third-order valence-corrected chi connectivity index (χ3v) is 8.35.